The number of anilines is 1. The summed E-state index contributed by atoms with van der Waals surface area (Å²) < 4.78 is 2.99. The van der Waals surface area contributed by atoms with Gasteiger partial charge in [0.2, 0.25) is 0 Å². The minimum absolute atomic E-state index is 0.942. The van der Waals surface area contributed by atoms with Crippen LogP contribution in [-0.2, 0) is 0 Å². The van der Waals surface area contributed by atoms with E-state index in [-0.39, 0.29) is 0 Å². The molecule has 2 N–H and O–H groups in total. The maximum absolute atomic E-state index is 3.74. The molecule has 0 saturated heterocycles. The van der Waals surface area contributed by atoms with Crippen molar-refractivity contribution in [3.63, 3.8) is 0 Å². The standard InChI is InChI=1S/C4H7N3S/c1-8-7-4-2-3-5-6-4/h2-3H,1H3,(H2,5,6,7). The first-order chi connectivity index (χ1) is 3.93. The predicted molar refractivity (Wildman–Crippen MR) is 35.7 cm³/mol. The van der Waals surface area contributed by atoms with Crippen molar-refractivity contribution >= 4 is 17.8 Å². The molecule has 0 bridgehead atoms. The van der Waals surface area contributed by atoms with E-state index in [1.54, 1.807) is 6.20 Å². The van der Waals surface area contributed by atoms with Gasteiger partial charge in [-0.05, 0) is 0 Å². The van der Waals surface area contributed by atoms with Crippen LogP contribution in [0.25, 0.3) is 0 Å². The van der Waals surface area contributed by atoms with Gasteiger partial charge in [-0.15, -0.1) is 0 Å². The summed E-state index contributed by atoms with van der Waals surface area (Å²) in [5.74, 6) is 0.942. The zero-order chi connectivity index (χ0) is 5.82. The van der Waals surface area contributed by atoms with Crippen molar-refractivity contribution in [1.82, 2.24) is 10.2 Å². The molecule has 0 saturated carbocycles. The molecule has 1 aromatic rings. The highest BCUT2D eigenvalue weighted by Crippen LogP contribution is 2.02. The molecule has 0 fully saturated rings. The SMILES string of the molecule is CSNc1ccn[nH]1. The van der Waals surface area contributed by atoms with E-state index < -0.39 is 0 Å². The van der Waals surface area contributed by atoms with E-state index in [0.29, 0.717) is 0 Å². The molecule has 0 spiro atoms. The van der Waals surface area contributed by atoms with Gasteiger partial charge in [0.05, 0.1) is 6.20 Å². The van der Waals surface area contributed by atoms with E-state index in [4.69, 9.17) is 0 Å². The van der Waals surface area contributed by atoms with Crippen LogP contribution in [0.5, 0.6) is 0 Å². The van der Waals surface area contributed by atoms with Crippen LogP contribution in [0.2, 0.25) is 0 Å². The number of hydrogen-bond donors (Lipinski definition) is 2. The quantitative estimate of drug-likeness (QED) is 0.587. The average molecular weight is 129 g/mol. The fourth-order valence-electron chi connectivity index (χ4n) is 0.423. The van der Waals surface area contributed by atoms with Crippen molar-refractivity contribution in [3.05, 3.63) is 12.3 Å². The van der Waals surface area contributed by atoms with Crippen molar-refractivity contribution in [2.45, 2.75) is 0 Å². The van der Waals surface area contributed by atoms with Gasteiger partial charge >= 0.3 is 0 Å². The first-order valence-corrected chi connectivity index (χ1v) is 3.44. The first-order valence-electron chi connectivity index (χ1n) is 2.22. The number of hydrogen-bond acceptors (Lipinski definition) is 3. The van der Waals surface area contributed by atoms with Gasteiger partial charge in [0, 0.05) is 12.3 Å². The summed E-state index contributed by atoms with van der Waals surface area (Å²) in [4.78, 5) is 0. The predicted octanol–water partition coefficient (Wildman–Crippen LogP) is 1.10. The Morgan fingerprint density at radius 3 is 3.25 bits per heavy atom. The number of rotatable bonds is 2. The van der Waals surface area contributed by atoms with Crippen molar-refractivity contribution in [2.75, 3.05) is 11.0 Å². The lowest BCUT2D eigenvalue weighted by Crippen LogP contribution is -1.82. The number of aromatic nitrogens is 2. The smallest absolute Gasteiger partial charge is 0.131 e. The molecule has 1 rings (SSSR count). The van der Waals surface area contributed by atoms with Crippen LogP contribution in [0.4, 0.5) is 5.82 Å². The second-order valence-corrected chi connectivity index (χ2v) is 1.89. The Kier molecular flexibility index (Phi) is 1.80. The highest BCUT2D eigenvalue weighted by atomic mass is 32.2. The summed E-state index contributed by atoms with van der Waals surface area (Å²) in [7, 11) is 0. The van der Waals surface area contributed by atoms with E-state index in [1.807, 2.05) is 12.3 Å². The van der Waals surface area contributed by atoms with Crippen molar-refractivity contribution < 1.29 is 0 Å². The van der Waals surface area contributed by atoms with Crippen molar-refractivity contribution in [3.8, 4) is 0 Å². The summed E-state index contributed by atoms with van der Waals surface area (Å²) in [6, 6.07) is 1.87. The minimum atomic E-state index is 0.942. The van der Waals surface area contributed by atoms with Gasteiger partial charge in [-0.25, -0.2) is 0 Å². The summed E-state index contributed by atoms with van der Waals surface area (Å²) in [6.07, 6.45) is 3.67. The number of H-pyrrole nitrogens is 1. The number of nitrogens with zero attached hydrogens (tertiary/aromatic N) is 1. The molecule has 8 heavy (non-hydrogen) atoms. The van der Waals surface area contributed by atoms with Crippen LogP contribution < -0.4 is 4.72 Å². The summed E-state index contributed by atoms with van der Waals surface area (Å²) in [5.41, 5.74) is 0. The second-order valence-electron chi connectivity index (χ2n) is 1.28. The van der Waals surface area contributed by atoms with E-state index in [2.05, 4.69) is 14.9 Å². The van der Waals surface area contributed by atoms with E-state index in [9.17, 15) is 0 Å². The molecule has 0 aromatic carbocycles. The van der Waals surface area contributed by atoms with Crippen LogP contribution >= 0.6 is 11.9 Å². The number of aromatic amines is 1. The van der Waals surface area contributed by atoms with Gasteiger partial charge in [-0.1, -0.05) is 11.9 Å². The van der Waals surface area contributed by atoms with Gasteiger partial charge in [0.25, 0.3) is 0 Å². The molecule has 1 aromatic heterocycles. The number of nitrogens with one attached hydrogen (secondary N) is 2. The van der Waals surface area contributed by atoms with Crippen LogP contribution in [0.3, 0.4) is 0 Å². The molecular weight excluding hydrogens is 122 g/mol. The third-order valence-electron chi connectivity index (χ3n) is 0.713. The maximum Gasteiger partial charge on any atom is 0.131 e. The molecule has 0 radical (unpaired) electrons. The Labute approximate surface area is 52.0 Å². The maximum atomic E-state index is 3.74. The van der Waals surface area contributed by atoms with Gasteiger partial charge < -0.3 is 4.72 Å². The average Bonchev–Trinajstić information content (AvgIpc) is 2.19. The highest BCUT2D eigenvalue weighted by molar-refractivity contribution is 7.99. The van der Waals surface area contributed by atoms with E-state index >= 15 is 0 Å². The minimum Gasteiger partial charge on any atom is -0.315 e. The third-order valence-corrected chi connectivity index (χ3v) is 1.14. The van der Waals surface area contributed by atoms with E-state index in [0.717, 1.165) is 5.82 Å². The summed E-state index contributed by atoms with van der Waals surface area (Å²) in [6.45, 7) is 0. The van der Waals surface area contributed by atoms with E-state index in [1.165, 1.54) is 11.9 Å². The van der Waals surface area contributed by atoms with Crippen LogP contribution in [0, 0.1) is 0 Å². The second kappa shape index (κ2) is 2.61. The Bertz CT molecular complexity index is 137. The zero-order valence-electron chi connectivity index (χ0n) is 4.51. The van der Waals surface area contributed by atoms with Crippen LogP contribution in [-0.4, -0.2) is 16.5 Å². The Morgan fingerprint density at radius 2 is 2.75 bits per heavy atom. The molecule has 0 unspecified atom stereocenters. The van der Waals surface area contributed by atoms with Crippen molar-refractivity contribution in [1.29, 1.82) is 0 Å². The molecular formula is C4H7N3S. The lowest BCUT2D eigenvalue weighted by Gasteiger charge is -1.92. The lowest BCUT2D eigenvalue weighted by atomic mass is 10.7. The van der Waals surface area contributed by atoms with Gasteiger partial charge in [-0.2, -0.15) is 5.10 Å². The van der Waals surface area contributed by atoms with Crippen molar-refractivity contribution in [2.24, 2.45) is 0 Å². The zero-order valence-corrected chi connectivity index (χ0v) is 5.33. The normalized spacial score (nSPS) is 9.12. The highest BCUT2D eigenvalue weighted by Gasteiger charge is 1.84. The first kappa shape index (κ1) is 5.50. The topological polar surface area (TPSA) is 40.7 Å². The molecule has 0 aliphatic carbocycles. The Balaban J connectivity index is 2.50. The van der Waals surface area contributed by atoms with Gasteiger partial charge in [-0.3, -0.25) is 5.10 Å². The van der Waals surface area contributed by atoms with Gasteiger partial charge in [0.15, 0.2) is 0 Å². The largest absolute Gasteiger partial charge is 0.315 e. The monoisotopic (exact) mass is 129 g/mol. The fraction of sp³-hybridized carbons (Fsp3) is 0.250. The molecule has 0 aliphatic heterocycles. The molecule has 3 nitrogen and oxygen atoms in total. The molecule has 0 aliphatic rings. The Hall–Kier alpha value is -0.640. The summed E-state index contributed by atoms with van der Waals surface area (Å²) >= 11 is 1.54. The van der Waals surface area contributed by atoms with Crippen LogP contribution in [0.1, 0.15) is 0 Å². The molecule has 44 valence electrons. The fourth-order valence-corrected chi connectivity index (χ4v) is 0.756. The molecule has 0 amide bonds. The third kappa shape index (κ3) is 1.16. The molecule has 1 heterocycles. The van der Waals surface area contributed by atoms with Crippen LogP contribution in [0.15, 0.2) is 12.3 Å². The molecule has 4 heteroatoms. The van der Waals surface area contributed by atoms with Gasteiger partial charge in [0.1, 0.15) is 5.82 Å². The Morgan fingerprint density at radius 1 is 1.88 bits per heavy atom. The molecule has 0 atom stereocenters. The summed E-state index contributed by atoms with van der Waals surface area (Å²) in [5, 5.41) is 6.50. The lowest BCUT2D eigenvalue weighted by molar-refractivity contribution is 1.10.